The van der Waals surface area contributed by atoms with Crippen molar-refractivity contribution in [1.82, 2.24) is 5.32 Å². The third kappa shape index (κ3) is 6.33. The van der Waals surface area contributed by atoms with E-state index >= 15 is 0 Å². The van der Waals surface area contributed by atoms with Crippen LogP contribution in [0.25, 0.3) is 0 Å². The Morgan fingerprint density at radius 1 is 1.35 bits per heavy atom. The van der Waals surface area contributed by atoms with Gasteiger partial charge < -0.3 is 45.1 Å². The molecule has 5 N–H and O–H groups in total. The van der Waals surface area contributed by atoms with Gasteiger partial charge >= 0.3 is 29.6 Å². The minimum Gasteiger partial charge on any atom is -0.543 e. The fourth-order valence-electron chi connectivity index (χ4n) is 3.05. The Hall–Kier alpha value is -1.84. The maximum absolute atomic E-state index is 11.9. The first-order chi connectivity index (χ1) is 14.0. The number of aliphatic carboxylic acids is 1. The molecule has 0 spiro atoms. The zero-order chi connectivity index (χ0) is 22.6. The van der Waals surface area contributed by atoms with E-state index in [0.29, 0.717) is 0 Å². The van der Waals surface area contributed by atoms with Crippen molar-refractivity contribution in [3.8, 4) is 5.75 Å². The predicted octanol–water partition coefficient (Wildman–Crippen LogP) is -6.21. The molecule has 0 bridgehead atoms. The minimum absolute atomic E-state index is 0. The van der Waals surface area contributed by atoms with Crippen LogP contribution in [0, 0.1) is 10.1 Å². The topological polar surface area (TPSA) is 212 Å². The largest absolute Gasteiger partial charge is 1.00 e. The molecule has 31 heavy (non-hydrogen) atoms. The van der Waals surface area contributed by atoms with Crippen molar-refractivity contribution >= 4 is 17.6 Å². The van der Waals surface area contributed by atoms with Gasteiger partial charge in [-0.15, -0.1) is 0 Å². The number of nitrogens with one attached hydrogen (secondary N) is 1. The van der Waals surface area contributed by atoms with Crippen LogP contribution in [0.5, 0.6) is 5.75 Å². The number of nitrogens with zero attached hydrogens (tertiary/aromatic N) is 1. The number of hydrogen-bond donors (Lipinski definition) is 5. The van der Waals surface area contributed by atoms with Gasteiger partial charge in [-0.3, -0.25) is 14.9 Å². The molecule has 1 aliphatic heterocycles. The number of carboxylic acids is 1. The third-order valence-corrected chi connectivity index (χ3v) is 4.50. The fraction of sp³-hybridized carbons (Fsp3) is 0.529. The molecule has 14 heteroatoms. The monoisotopic (exact) mass is 452 g/mol. The molecule has 1 fully saturated rings. The molecule has 0 saturated carbocycles. The predicted molar refractivity (Wildman–Crippen MR) is 93.7 cm³/mol. The number of nitro groups is 1. The Kier molecular flexibility index (Phi) is 9.78. The van der Waals surface area contributed by atoms with Crippen LogP contribution in [-0.4, -0.2) is 80.1 Å². The summed E-state index contributed by atoms with van der Waals surface area (Å²) in [7, 11) is 0. The quantitative estimate of drug-likeness (QED) is 0.142. The van der Waals surface area contributed by atoms with Crippen LogP contribution in [0.1, 0.15) is 13.3 Å². The third-order valence-electron chi connectivity index (χ3n) is 4.50. The number of nitro benzene ring substituents is 1. The first kappa shape index (κ1) is 27.2. The molecule has 1 aromatic carbocycles. The van der Waals surface area contributed by atoms with Crippen LogP contribution in [0.2, 0.25) is 0 Å². The Morgan fingerprint density at radius 2 is 1.94 bits per heavy atom. The number of carbonyl (C=O) groups is 2. The molecular formula is C17H21N2NaO11. The van der Waals surface area contributed by atoms with Crippen LogP contribution in [-0.2, 0) is 14.3 Å². The van der Waals surface area contributed by atoms with Crippen molar-refractivity contribution in [1.29, 1.82) is 0 Å². The van der Waals surface area contributed by atoms with E-state index in [1.54, 1.807) is 0 Å². The molecular weight excluding hydrogens is 431 g/mol. The van der Waals surface area contributed by atoms with Gasteiger partial charge in [0.1, 0.15) is 30.0 Å². The van der Waals surface area contributed by atoms with Gasteiger partial charge in [0, 0.05) is 25.5 Å². The van der Waals surface area contributed by atoms with E-state index in [1.165, 1.54) is 0 Å². The second-order valence-corrected chi connectivity index (χ2v) is 6.71. The number of amides is 1. The number of rotatable bonds is 8. The SMILES string of the molecule is CC(=O)NC1[C@H]([C@H](O)[C@H](O)CO)O[C@@](Oc2ccc([N+](=O)[O-])cc2)(C(=O)[O-])C[C@@H]1O.[Na+]. The Balaban J connectivity index is 0.00000480. The fourth-order valence-corrected chi connectivity index (χ4v) is 3.05. The summed E-state index contributed by atoms with van der Waals surface area (Å²) in [5.41, 5.74) is -0.292. The number of aliphatic hydroxyl groups is 4. The van der Waals surface area contributed by atoms with Crippen molar-refractivity contribution in [2.45, 2.75) is 49.6 Å². The van der Waals surface area contributed by atoms with Gasteiger partial charge in [0.15, 0.2) is 0 Å². The standard InChI is InChI=1S/C17H22N2O11.Na/c1-8(21)18-13-11(22)6-17(16(25)26,30-15(13)14(24)12(23)7-20)29-10-4-2-9(3-5-10)19(27)28;/h2-5,11-15,20,22-24H,6-7H2,1H3,(H,18,21)(H,25,26);/q;+1/p-1/t11-,12+,13?,14+,15+,17+;/m0./s1. The molecule has 1 heterocycles. The first-order valence-electron chi connectivity index (χ1n) is 8.75. The smallest absolute Gasteiger partial charge is 0.543 e. The number of hydrogen-bond acceptors (Lipinski definition) is 11. The molecule has 1 aromatic rings. The normalized spacial score (nSPS) is 27.3. The second kappa shape index (κ2) is 11.2. The molecule has 1 saturated heterocycles. The molecule has 0 aromatic heterocycles. The van der Waals surface area contributed by atoms with Gasteiger partial charge in [-0.2, -0.15) is 0 Å². The van der Waals surface area contributed by atoms with Gasteiger partial charge in [-0.25, -0.2) is 0 Å². The number of carboxylic acid groups (broad SMARTS) is 1. The number of non-ortho nitro benzene ring substituents is 1. The number of carbonyl (C=O) groups excluding carboxylic acids is 2. The Bertz CT molecular complexity index is 793. The second-order valence-electron chi connectivity index (χ2n) is 6.71. The van der Waals surface area contributed by atoms with Gasteiger partial charge in [0.25, 0.3) is 11.5 Å². The summed E-state index contributed by atoms with van der Waals surface area (Å²) in [6.45, 7) is 0.179. The van der Waals surface area contributed by atoms with Gasteiger partial charge in [-0.05, 0) is 12.1 Å². The molecule has 0 radical (unpaired) electrons. The summed E-state index contributed by atoms with van der Waals surface area (Å²) in [6.07, 6.45) is -7.84. The molecule has 6 atom stereocenters. The van der Waals surface area contributed by atoms with E-state index in [-0.39, 0.29) is 41.0 Å². The van der Waals surface area contributed by atoms with Crippen LogP contribution in [0.3, 0.4) is 0 Å². The molecule has 1 aliphatic rings. The molecule has 1 amide bonds. The molecule has 166 valence electrons. The minimum atomic E-state index is -2.68. The molecule has 2 rings (SSSR count). The van der Waals surface area contributed by atoms with Gasteiger partial charge in [-0.1, -0.05) is 0 Å². The Labute approximate surface area is 198 Å². The maximum atomic E-state index is 11.9. The van der Waals surface area contributed by atoms with E-state index in [1.807, 2.05) is 0 Å². The van der Waals surface area contributed by atoms with Crippen molar-refractivity contribution in [3.63, 3.8) is 0 Å². The van der Waals surface area contributed by atoms with Crippen LogP contribution in [0.4, 0.5) is 5.69 Å². The number of aliphatic hydroxyl groups excluding tert-OH is 4. The maximum Gasteiger partial charge on any atom is 1.00 e. The summed E-state index contributed by atoms with van der Waals surface area (Å²) in [5, 5.41) is 64.5. The average Bonchev–Trinajstić information content (AvgIpc) is 2.68. The number of benzene rings is 1. The first-order valence-corrected chi connectivity index (χ1v) is 8.75. The zero-order valence-corrected chi connectivity index (χ0v) is 18.7. The summed E-state index contributed by atoms with van der Waals surface area (Å²) < 4.78 is 10.7. The zero-order valence-electron chi connectivity index (χ0n) is 16.7. The van der Waals surface area contributed by atoms with Crippen LogP contribution in [0.15, 0.2) is 24.3 Å². The summed E-state index contributed by atoms with van der Waals surface area (Å²) in [4.78, 5) is 33.4. The van der Waals surface area contributed by atoms with E-state index < -0.39 is 66.1 Å². The van der Waals surface area contributed by atoms with Crippen molar-refractivity contribution in [2.24, 2.45) is 0 Å². The molecule has 1 unspecified atom stereocenters. The summed E-state index contributed by atoms with van der Waals surface area (Å²) in [6, 6.07) is 2.91. The van der Waals surface area contributed by atoms with Crippen LogP contribution >= 0.6 is 0 Å². The molecule has 13 nitrogen and oxygen atoms in total. The summed E-state index contributed by atoms with van der Waals surface area (Å²) >= 11 is 0. The van der Waals surface area contributed by atoms with E-state index in [0.717, 1.165) is 31.2 Å². The molecule has 0 aliphatic carbocycles. The van der Waals surface area contributed by atoms with Crippen molar-refractivity contribution < 1.29 is 79.1 Å². The Morgan fingerprint density at radius 3 is 2.39 bits per heavy atom. The average molecular weight is 452 g/mol. The van der Waals surface area contributed by atoms with E-state index in [9.17, 15) is 40.1 Å². The van der Waals surface area contributed by atoms with Crippen LogP contribution < -0.4 is 44.7 Å². The van der Waals surface area contributed by atoms with Gasteiger partial charge in [0.2, 0.25) is 5.91 Å². The van der Waals surface area contributed by atoms with E-state index in [2.05, 4.69) is 5.32 Å². The van der Waals surface area contributed by atoms with Gasteiger partial charge in [0.05, 0.1) is 23.7 Å². The van der Waals surface area contributed by atoms with Crippen molar-refractivity contribution in [2.75, 3.05) is 6.61 Å². The van der Waals surface area contributed by atoms with Crippen molar-refractivity contribution in [3.05, 3.63) is 34.4 Å². The number of ether oxygens (including phenoxy) is 2. The summed E-state index contributed by atoms with van der Waals surface area (Å²) in [5.74, 6) is -5.45. The van der Waals surface area contributed by atoms with E-state index in [4.69, 9.17) is 14.6 Å².